The van der Waals surface area contributed by atoms with E-state index in [9.17, 15) is 13.2 Å². The summed E-state index contributed by atoms with van der Waals surface area (Å²) in [6.07, 6.45) is -3.69. The number of hydrogen-bond donors (Lipinski definition) is 0. The Bertz CT molecular complexity index is 808. The molecule has 0 aliphatic carbocycles. The minimum absolute atomic E-state index is 0. The van der Waals surface area contributed by atoms with Crippen LogP contribution in [-0.4, -0.2) is 4.98 Å². The molecule has 0 bridgehead atoms. The molecule has 0 fully saturated rings. The maximum atomic E-state index is 13.1. The summed E-state index contributed by atoms with van der Waals surface area (Å²) in [6.45, 7) is 1.58. The van der Waals surface area contributed by atoms with Crippen LogP contribution in [0.2, 0.25) is 0 Å². The van der Waals surface area contributed by atoms with E-state index in [4.69, 9.17) is 0 Å². The molecule has 0 radical (unpaired) electrons. The Balaban J connectivity index is 0.00000192. The van der Waals surface area contributed by atoms with E-state index in [0.29, 0.717) is 17.6 Å². The van der Waals surface area contributed by atoms with Gasteiger partial charge in [-0.3, -0.25) is 4.98 Å². The highest BCUT2D eigenvalue weighted by Crippen LogP contribution is 2.35. The molecule has 1 heterocycles. The van der Waals surface area contributed by atoms with Crippen molar-refractivity contribution in [1.82, 2.24) is 4.98 Å². The molecule has 4 heteroatoms. The van der Waals surface area contributed by atoms with Crippen molar-refractivity contribution < 1.29 is 13.2 Å². The molecule has 0 aliphatic rings. The van der Waals surface area contributed by atoms with E-state index in [1.165, 1.54) is 6.07 Å². The zero-order valence-electron chi connectivity index (χ0n) is 12.0. The van der Waals surface area contributed by atoms with E-state index in [0.717, 1.165) is 17.2 Å². The van der Waals surface area contributed by atoms with Crippen molar-refractivity contribution in [2.75, 3.05) is 0 Å². The molecule has 120 valence electrons. The third-order valence-corrected chi connectivity index (χ3v) is 3.56. The summed E-state index contributed by atoms with van der Waals surface area (Å²) in [6, 6.07) is 15.9. The van der Waals surface area contributed by atoms with Crippen LogP contribution in [0.15, 0.2) is 54.6 Å². The van der Waals surface area contributed by atoms with E-state index < -0.39 is 11.7 Å². The Morgan fingerprint density at radius 2 is 1.61 bits per heavy atom. The fourth-order valence-electron chi connectivity index (χ4n) is 2.58. The number of benzene rings is 2. The normalized spacial score (nSPS) is 11.3. The van der Waals surface area contributed by atoms with E-state index in [2.05, 4.69) is 4.98 Å². The van der Waals surface area contributed by atoms with Gasteiger partial charge < -0.3 is 0 Å². The Hall–Kier alpha value is -2.36. The first-order valence-corrected chi connectivity index (χ1v) is 6.95. The van der Waals surface area contributed by atoms with Crippen molar-refractivity contribution >= 4 is 10.9 Å². The van der Waals surface area contributed by atoms with Gasteiger partial charge in [0.15, 0.2) is 0 Å². The van der Waals surface area contributed by atoms with Gasteiger partial charge in [0.05, 0.1) is 11.1 Å². The van der Waals surface area contributed by atoms with Crippen molar-refractivity contribution in [2.24, 2.45) is 0 Å². The minimum atomic E-state index is -4.37. The predicted molar refractivity (Wildman–Crippen MR) is 87.5 cm³/mol. The largest absolute Gasteiger partial charge is 0.417 e. The summed E-state index contributed by atoms with van der Waals surface area (Å²) in [5.74, 6) is 0. The fourth-order valence-corrected chi connectivity index (χ4v) is 2.58. The van der Waals surface area contributed by atoms with Crippen LogP contribution in [0.25, 0.3) is 10.9 Å². The lowest BCUT2D eigenvalue weighted by Crippen LogP contribution is -2.07. The highest BCUT2D eigenvalue weighted by molar-refractivity contribution is 5.83. The SMILES string of the molecule is C.Cc1cc(C(F)(F)F)c2ccc(Cc3ccccc3)cc2n1. The number of rotatable bonds is 2. The second kappa shape index (κ2) is 6.41. The zero-order chi connectivity index (χ0) is 15.7. The maximum absolute atomic E-state index is 13.1. The zero-order valence-corrected chi connectivity index (χ0v) is 12.0. The van der Waals surface area contributed by atoms with Crippen molar-refractivity contribution in [3.8, 4) is 0 Å². The van der Waals surface area contributed by atoms with Crippen molar-refractivity contribution in [3.63, 3.8) is 0 Å². The van der Waals surface area contributed by atoms with Crippen molar-refractivity contribution in [2.45, 2.75) is 26.9 Å². The molecular weight excluding hydrogens is 299 g/mol. The number of nitrogens with zero attached hydrogens (tertiary/aromatic N) is 1. The Morgan fingerprint density at radius 3 is 2.26 bits per heavy atom. The standard InChI is InChI=1S/C18H14F3N.CH4/c1-12-9-16(18(19,20)21)15-8-7-14(11-17(15)22-12)10-13-5-3-2-4-6-13;/h2-9,11H,10H2,1H3;1H4. The average molecular weight is 317 g/mol. The predicted octanol–water partition coefficient (Wildman–Crippen LogP) is 5.79. The molecule has 0 N–H and O–H groups in total. The van der Waals surface area contributed by atoms with Gasteiger partial charge in [0.25, 0.3) is 0 Å². The van der Waals surface area contributed by atoms with Gasteiger partial charge in [0.2, 0.25) is 0 Å². The highest BCUT2D eigenvalue weighted by Gasteiger charge is 2.33. The van der Waals surface area contributed by atoms with E-state index >= 15 is 0 Å². The maximum Gasteiger partial charge on any atom is 0.417 e. The number of fused-ring (bicyclic) bond motifs is 1. The first kappa shape index (κ1) is 17.0. The molecule has 23 heavy (non-hydrogen) atoms. The molecular formula is C19H18F3N. The lowest BCUT2D eigenvalue weighted by Gasteiger charge is -2.12. The third-order valence-electron chi connectivity index (χ3n) is 3.56. The van der Waals surface area contributed by atoms with Gasteiger partial charge in [0, 0.05) is 11.1 Å². The van der Waals surface area contributed by atoms with Crippen LogP contribution in [-0.2, 0) is 12.6 Å². The van der Waals surface area contributed by atoms with Gasteiger partial charge in [-0.15, -0.1) is 0 Å². The molecule has 0 unspecified atom stereocenters. The summed E-state index contributed by atoms with van der Waals surface area (Å²) in [4.78, 5) is 4.25. The summed E-state index contributed by atoms with van der Waals surface area (Å²) in [7, 11) is 0. The molecule has 2 aromatic carbocycles. The minimum Gasteiger partial charge on any atom is -0.253 e. The second-order valence-electron chi connectivity index (χ2n) is 5.32. The molecule has 0 amide bonds. The van der Waals surface area contributed by atoms with Gasteiger partial charge in [0.1, 0.15) is 0 Å². The number of aromatic nitrogens is 1. The van der Waals surface area contributed by atoms with Gasteiger partial charge >= 0.3 is 6.18 Å². The smallest absolute Gasteiger partial charge is 0.253 e. The third kappa shape index (κ3) is 3.70. The van der Waals surface area contributed by atoms with Crippen LogP contribution in [0.1, 0.15) is 29.8 Å². The lowest BCUT2D eigenvalue weighted by atomic mass is 10.0. The summed E-state index contributed by atoms with van der Waals surface area (Å²) in [5, 5.41) is 0.148. The summed E-state index contributed by atoms with van der Waals surface area (Å²) >= 11 is 0. The summed E-state index contributed by atoms with van der Waals surface area (Å²) in [5.41, 5.74) is 2.20. The number of alkyl halides is 3. The Labute approximate surface area is 133 Å². The van der Waals surface area contributed by atoms with Gasteiger partial charge in [-0.2, -0.15) is 13.2 Å². The molecule has 1 aromatic heterocycles. The molecule has 0 saturated carbocycles. The fraction of sp³-hybridized carbons (Fsp3) is 0.211. The van der Waals surface area contributed by atoms with Crippen molar-refractivity contribution in [1.29, 1.82) is 0 Å². The van der Waals surface area contributed by atoms with Gasteiger partial charge in [-0.05, 0) is 36.6 Å². The van der Waals surface area contributed by atoms with E-state index in [1.807, 2.05) is 30.3 Å². The monoisotopic (exact) mass is 317 g/mol. The number of halogens is 3. The molecule has 0 saturated heterocycles. The molecule has 3 rings (SSSR count). The Morgan fingerprint density at radius 1 is 0.913 bits per heavy atom. The first-order valence-electron chi connectivity index (χ1n) is 6.95. The molecule has 0 atom stereocenters. The molecule has 1 nitrogen and oxygen atoms in total. The van der Waals surface area contributed by atoms with Crippen LogP contribution in [0.4, 0.5) is 13.2 Å². The first-order chi connectivity index (χ1) is 10.4. The van der Waals surface area contributed by atoms with Crippen LogP contribution < -0.4 is 0 Å². The molecule has 0 aliphatic heterocycles. The van der Waals surface area contributed by atoms with Crippen LogP contribution in [0, 0.1) is 6.92 Å². The van der Waals surface area contributed by atoms with Gasteiger partial charge in [-0.25, -0.2) is 0 Å². The summed E-state index contributed by atoms with van der Waals surface area (Å²) < 4.78 is 39.4. The van der Waals surface area contributed by atoms with Gasteiger partial charge in [-0.1, -0.05) is 49.9 Å². The topological polar surface area (TPSA) is 12.9 Å². The van der Waals surface area contributed by atoms with E-state index in [-0.39, 0.29) is 12.8 Å². The van der Waals surface area contributed by atoms with Crippen LogP contribution in [0.3, 0.4) is 0 Å². The second-order valence-corrected chi connectivity index (χ2v) is 5.32. The highest BCUT2D eigenvalue weighted by atomic mass is 19.4. The van der Waals surface area contributed by atoms with Crippen molar-refractivity contribution in [3.05, 3.63) is 77.0 Å². The van der Waals surface area contributed by atoms with Crippen LogP contribution in [0.5, 0.6) is 0 Å². The lowest BCUT2D eigenvalue weighted by molar-refractivity contribution is -0.136. The molecule has 0 spiro atoms. The van der Waals surface area contributed by atoms with E-state index in [1.54, 1.807) is 19.1 Å². The van der Waals surface area contributed by atoms with Crippen LogP contribution >= 0.6 is 0 Å². The number of aryl methyl sites for hydroxylation is 1. The average Bonchev–Trinajstić information content (AvgIpc) is 2.46. The molecule has 3 aromatic rings. The Kier molecular flexibility index (Phi) is 4.73. The quantitative estimate of drug-likeness (QED) is 0.583. The number of pyridine rings is 1. The number of hydrogen-bond acceptors (Lipinski definition) is 1.